The lowest BCUT2D eigenvalue weighted by atomic mass is 10.3. The Kier molecular flexibility index (Phi) is 6.35. The van der Waals surface area contributed by atoms with E-state index in [1.165, 1.54) is 12.4 Å². The van der Waals surface area contributed by atoms with Crippen LogP contribution >= 0.6 is 0 Å². The molecule has 4 rings (SSSR count). The molecular formula is C22H24N6O4. The summed E-state index contributed by atoms with van der Waals surface area (Å²) in [6.45, 7) is 4.43. The fourth-order valence-corrected chi connectivity index (χ4v) is 3.82. The zero-order valence-corrected chi connectivity index (χ0v) is 17.8. The maximum Gasteiger partial charge on any atom is 0.325 e. The van der Waals surface area contributed by atoms with Gasteiger partial charge in [0, 0.05) is 44.1 Å². The fourth-order valence-electron chi connectivity index (χ4n) is 3.82. The van der Waals surface area contributed by atoms with Crippen LogP contribution in [0.4, 0.5) is 10.5 Å². The molecule has 166 valence electrons. The number of aromatic nitrogens is 2. The van der Waals surface area contributed by atoms with Crippen LogP contribution in [0.5, 0.6) is 11.6 Å². The average Bonchev–Trinajstić information content (AvgIpc) is 3.42. The van der Waals surface area contributed by atoms with Crippen molar-refractivity contribution in [1.82, 2.24) is 19.8 Å². The molecule has 0 N–H and O–H groups in total. The van der Waals surface area contributed by atoms with Gasteiger partial charge in [-0.3, -0.25) is 9.69 Å². The predicted octanol–water partition coefficient (Wildman–Crippen LogP) is 1.67. The van der Waals surface area contributed by atoms with Crippen molar-refractivity contribution in [2.75, 3.05) is 44.2 Å². The van der Waals surface area contributed by atoms with Gasteiger partial charge in [-0.1, -0.05) is 0 Å². The number of carbonyl (C=O) groups excluding carboxylic acids is 2. The quantitative estimate of drug-likeness (QED) is 0.649. The minimum Gasteiger partial charge on any atom is -0.494 e. The molecule has 2 aliphatic rings. The molecule has 2 aromatic rings. The number of urea groups is 1. The Labute approximate surface area is 186 Å². The number of likely N-dealkylation sites (tertiary alicyclic amines) is 1. The lowest BCUT2D eigenvalue weighted by Crippen LogP contribution is -2.42. The topological polar surface area (TPSA) is 112 Å². The summed E-state index contributed by atoms with van der Waals surface area (Å²) in [6.07, 6.45) is 3.25. The molecule has 2 saturated heterocycles. The van der Waals surface area contributed by atoms with Gasteiger partial charge >= 0.3 is 6.03 Å². The van der Waals surface area contributed by atoms with Crippen molar-refractivity contribution in [2.45, 2.75) is 19.4 Å². The molecule has 10 nitrogen and oxygen atoms in total. The molecular weight excluding hydrogens is 412 g/mol. The van der Waals surface area contributed by atoms with Crippen LogP contribution in [0, 0.1) is 11.3 Å². The Balaban J connectivity index is 1.30. The Morgan fingerprint density at radius 2 is 1.97 bits per heavy atom. The number of ether oxygens (including phenoxy) is 2. The molecule has 1 atom stereocenters. The second kappa shape index (κ2) is 9.51. The SMILES string of the molecule is CCOc1ccc(N2CCN(CC(=O)N3CCC(Oc4nccnc4C#N)C3)C2=O)cc1. The van der Waals surface area contributed by atoms with Gasteiger partial charge in [0.1, 0.15) is 24.5 Å². The molecule has 2 fully saturated rings. The van der Waals surface area contributed by atoms with Crippen molar-refractivity contribution in [3.63, 3.8) is 0 Å². The third-order valence-electron chi connectivity index (χ3n) is 5.43. The highest BCUT2D eigenvalue weighted by Crippen LogP contribution is 2.24. The maximum absolute atomic E-state index is 12.8. The molecule has 0 radical (unpaired) electrons. The van der Waals surface area contributed by atoms with E-state index in [0.29, 0.717) is 39.2 Å². The molecule has 3 heterocycles. The number of hydrogen-bond acceptors (Lipinski definition) is 7. The Hall–Kier alpha value is -3.87. The molecule has 0 spiro atoms. The molecule has 0 aliphatic carbocycles. The van der Waals surface area contributed by atoms with Gasteiger partial charge in [-0.05, 0) is 31.2 Å². The van der Waals surface area contributed by atoms with Crippen LogP contribution in [0.25, 0.3) is 0 Å². The lowest BCUT2D eigenvalue weighted by Gasteiger charge is -2.22. The molecule has 2 aliphatic heterocycles. The van der Waals surface area contributed by atoms with Gasteiger partial charge in [-0.2, -0.15) is 5.26 Å². The average molecular weight is 436 g/mol. The van der Waals surface area contributed by atoms with E-state index in [-0.39, 0.29) is 36.2 Å². The third kappa shape index (κ3) is 4.56. The van der Waals surface area contributed by atoms with Crippen LogP contribution in [0.15, 0.2) is 36.7 Å². The Morgan fingerprint density at radius 1 is 1.19 bits per heavy atom. The first-order valence-electron chi connectivity index (χ1n) is 10.5. The first-order valence-corrected chi connectivity index (χ1v) is 10.5. The van der Waals surface area contributed by atoms with Crippen LogP contribution in [-0.2, 0) is 4.79 Å². The highest BCUT2D eigenvalue weighted by atomic mass is 16.5. The van der Waals surface area contributed by atoms with Crippen LogP contribution < -0.4 is 14.4 Å². The van der Waals surface area contributed by atoms with Gasteiger partial charge < -0.3 is 19.3 Å². The summed E-state index contributed by atoms with van der Waals surface area (Å²) >= 11 is 0. The van der Waals surface area contributed by atoms with Gasteiger partial charge in [-0.25, -0.2) is 14.8 Å². The highest BCUT2D eigenvalue weighted by Gasteiger charge is 2.34. The Morgan fingerprint density at radius 3 is 2.72 bits per heavy atom. The molecule has 1 unspecified atom stereocenters. The van der Waals surface area contributed by atoms with E-state index in [9.17, 15) is 9.59 Å². The number of benzene rings is 1. The van der Waals surface area contributed by atoms with E-state index in [4.69, 9.17) is 14.7 Å². The van der Waals surface area contributed by atoms with Crippen LogP contribution in [-0.4, -0.2) is 77.1 Å². The van der Waals surface area contributed by atoms with E-state index in [0.717, 1.165) is 11.4 Å². The summed E-state index contributed by atoms with van der Waals surface area (Å²) < 4.78 is 11.2. The summed E-state index contributed by atoms with van der Waals surface area (Å²) in [7, 11) is 0. The number of hydrogen-bond donors (Lipinski definition) is 0. The number of nitrogens with zero attached hydrogens (tertiary/aromatic N) is 6. The smallest absolute Gasteiger partial charge is 0.325 e. The lowest BCUT2D eigenvalue weighted by molar-refractivity contribution is -0.130. The monoisotopic (exact) mass is 436 g/mol. The summed E-state index contributed by atoms with van der Waals surface area (Å²) in [4.78, 5) is 38.5. The zero-order chi connectivity index (χ0) is 22.5. The molecule has 3 amide bonds. The number of carbonyl (C=O) groups is 2. The predicted molar refractivity (Wildman–Crippen MR) is 114 cm³/mol. The van der Waals surface area contributed by atoms with Crippen molar-refractivity contribution in [3.8, 4) is 17.7 Å². The van der Waals surface area contributed by atoms with Crippen molar-refractivity contribution < 1.29 is 19.1 Å². The van der Waals surface area contributed by atoms with Gasteiger partial charge in [-0.15, -0.1) is 0 Å². The number of nitriles is 1. The third-order valence-corrected chi connectivity index (χ3v) is 5.43. The standard InChI is InChI=1S/C22H24N6O4/c1-2-31-17-5-3-16(4-6-17)28-12-11-27(22(28)30)15-20(29)26-10-7-18(14-26)32-21-19(13-23)24-8-9-25-21/h3-6,8-9,18H,2,7,10-12,14-15H2,1H3. The largest absolute Gasteiger partial charge is 0.494 e. The minimum atomic E-state index is -0.266. The first kappa shape index (κ1) is 21.4. The van der Waals surface area contributed by atoms with E-state index in [2.05, 4.69) is 9.97 Å². The van der Waals surface area contributed by atoms with Gasteiger partial charge in [0.2, 0.25) is 11.6 Å². The maximum atomic E-state index is 12.8. The first-order chi connectivity index (χ1) is 15.6. The van der Waals surface area contributed by atoms with Gasteiger partial charge in [0.15, 0.2) is 0 Å². The second-order valence-electron chi connectivity index (χ2n) is 7.47. The van der Waals surface area contributed by atoms with Crippen LogP contribution in [0.2, 0.25) is 0 Å². The van der Waals surface area contributed by atoms with Crippen molar-refractivity contribution in [2.24, 2.45) is 0 Å². The number of rotatable bonds is 7. The summed E-state index contributed by atoms with van der Waals surface area (Å²) in [5, 5.41) is 9.11. The minimum absolute atomic E-state index is 0.0215. The van der Waals surface area contributed by atoms with Crippen LogP contribution in [0.1, 0.15) is 19.0 Å². The molecule has 0 bridgehead atoms. The van der Waals surface area contributed by atoms with Crippen molar-refractivity contribution in [1.29, 1.82) is 5.26 Å². The van der Waals surface area contributed by atoms with Crippen molar-refractivity contribution >= 4 is 17.6 Å². The zero-order valence-electron chi connectivity index (χ0n) is 17.8. The summed E-state index contributed by atoms with van der Waals surface area (Å²) in [5.74, 6) is 0.803. The fraction of sp³-hybridized carbons (Fsp3) is 0.409. The molecule has 10 heteroatoms. The molecule has 32 heavy (non-hydrogen) atoms. The van der Waals surface area contributed by atoms with E-state index in [1.54, 1.807) is 14.7 Å². The second-order valence-corrected chi connectivity index (χ2v) is 7.47. The van der Waals surface area contributed by atoms with Crippen molar-refractivity contribution in [3.05, 3.63) is 42.4 Å². The molecule has 0 saturated carbocycles. The normalized spacial score (nSPS) is 18.1. The molecule has 1 aromatic carbocycles. The highest BCUT2D eigenvalue weighted by molar-refractivity contribution is 5.96. The van der Waals surface area contributed by atoms with E-state index < -0.39 is 0 Å². The summed E-state index contributed by atoms with van der Waals surface area (Å²) in [5.41, 5.74) is 0.898. The van der Waals surface area contributed by atoms with E-state index in [1.807, 2.05) is 37.3 Å². The van der Waals surface area contributed by atoms with Gasteiger partial charge in [0.05, 0.1) is 13.2 Å². The number of amides is 3. The number of anilines is 1. The summed E-state index contributed by atoms with van der Waals surface area (Å²) in [6, 6.07) is 9.12. The van der Waals surface area contributed by atoms with Crippen LogP contribution in [0.3, 0.4) is 0 Å². The van der Waals surface area contributed by atoms with Gasteiger partial charge in [0.25, 0.3) is 5.88 Å². The Bertz CT molecular complexity index is 1020. The molecule has 1 aromatic heterocycles. The van der Waals surface area contributed by atoms with E-state index >= 15 is 0 Å².